The summed E-state index contributed by atoms with van der Waals surface area (Å²) < 4.78 is 0. The lowest BCUT2D eigenvalue weighted by molar-refractivity contribution is -0.131. The molecule has 2 aliphatic carbocycles. The van der Waals surface area contributed by atoms with Crippen LogP contribution in [-0.2, 0) is 19.2 Å². The topological polar surface area (TPSA) is 140 Å². The minimum atomic E-state index is -1.65. The Labute approximate surface area is 213 Å². The monoisotopic (exact) mass is 499 g/mol. The molecule has 5 rings (SSSR count). The van der Waals surface area contributed by atoms with Crippen LogP contribution in [0.4, 0.5) is 21.9 Å². The van der Waals surface area contributed by atoms with E-state index in [0.29, 0.717) is 22.6 Å². The molecular weight excluding hydrogens is 474 g/mol. The van der Waals surface area contributed by atoms with Crippen LogP contribution in [0, 0.1) is 23.2 Å². The van der Waals surface area contributed by atoms with Crippen LogP contribution in [0.15, 0.2) is 48.5 Å². The van der Waals surface area contributed by atoms with Crippen molar-refractivity contribution in [2.24, 2.45) is 11.8 Å². The Kier molecular flexibility index (Phi) is 6.44. The molecule has 0 aromatic heterocycles. The quantitative estimate of drug-likeness (QED) is 0.535. The van der Waals surface area contributed by atoms with Crippen LogP contribution < -0.4 is 20.4 Å². The summed E-state index contributed by atoms with van der Waals surface area (Å²) in [5.41, 5.74) is 1.45. The van der Waals surface area contributed by atoms with Gasteiger partial charge in [0.25, 0.3) is 11.8 Å². The van der Waals surface area contributed by atoms with Crippen LogP contribution in [0.2, 0.25) is 0 Å². The first-order chi connectivity index (χ1) is 17.9. The van der Waals surface area contributed by atoms with Gasteiger partial charge in [-0.2, -0.15) is 5.26 Å². The number of hydrogen-bond acceptors (Lipinski definition) is 6. The number of ketones is 2. The molecule has 0 radical (unpaired) electrons. The predicted molar refractivity (Wildman–Crippen MR) is 134 cm³/mol. The summed E-state index contributed by atoms with van der Waals surface area (Å²) in [7, 11) is 0. The molecule has 188 valence electrons. The van der Waals surface area contributed by atoms with Gasteiger partial charge < -0.3 is 20.4 Å². The molecule has 0 bridgehead atoms. The van der Waals surface area contributed by atoms with Gasteiger partial charge in [-0.05, 0) is 62.1 Å². The van der Waals surface area contributed by atoms with E-state index in [1.807, 2.05) is 6.07 Å². The summed E-state index contributed by atoms with van der Waals surface area (Å²) in [6, 6.07) is 12.2. The van der Waals surface area contributed by atoms with Gasteiger partial charge in [-0.15, -0.1) is 0 Å². The maximum atomic E-state index is 13.7. The van der Waals surface area contributed by atoms with Crippen molar-refractivity contribution >= 4 is 46.5 Å². The number of nitrogens with zero attached hydrogens (tertiary/aromatic N) is 3. The second kappa shape index (κ2) is 9.85. The number of nitriles is 1. The Morgan fingerprint density at radius 3 is 1.73 bits per heavy atom. The number of carbonyl (C=O) groups is 5. The van der Waals surface area contributed by atoms with E-state index in [4.69, 9.17) is 5.26 Å². The highest BCUT2D eigenvalue weighted by atomic mass is 16.2. The predicted octanol–water partition coefficient (Wildman–Crippen LogP) is 2.39. The van der Waals surface area contributed by atoms with Crippen molar-refractivity contribution in [2.75, 3.05) is 28.2 Å². The molecule has 1 aliphatic heterocycles. The molecule has 2 fully saturated rings. The largest absolute Gasteiger partial charge is 0.320 e. The molecular formula is C27H25N5O5. The van der Waals surface area contributed by atoms with E-state index in [9.17, 15) is 24.0 Å². The molecule has 2 saturated carbocycles. The zero-order valence-corrected chi connectivity index (χ0v) is 20.0. The lowest BCUT2D eigenvalue weighted by Crippen LogP contribution is -2.57. The second-order valence-electron chi connectivity index (χ2n) is 9.54. The molecule has 0 unspecified atom stereocenters. The average molecular weight is 500 g/mol. The van der Waals surface area contributed by atoms with Gasteiger partial charge in [0, 0.05) is 17.5 Å². The number of nitrogens with one attached hydrogen (secondary N) is 2. The van der Waals surface area contributed by atoms with Crippen molar-refractivity contribution in [1.82, 2.24) is 5.32 Å². The number of Topliss-reactive ketones (excluding diaryl/α,β-unsaturated/α-hetero) is 2. The summed E-state index contributed by atoms with van der Waals surface area (Å²) in [5, 5.41) is 14.0. The smallest absolute Gasteiger partial charge is 0.318 e. The first kappa shape index (κ1) is 24.2. The van der Waals surface area contributed by atoms with Crippen molar-refractivity contribution in [3.8, 4) is 6.07 Å². The van der Waals surface area contributed by atoms with Crippen LogP contribution in [0.25, 0.3) is 0 Å². The van der Waals surface area contributed by atoms with Gasteiger partial charge in [-0.1, -0.05) is 12.1 Å². The average Bonchev–Trinajstić information content (AvgIpc) is 3.80. The first-order valence-electron chi connectivity index (χ1n) is 12.2. The van der Waals surface area contributed by atoms with Crippen LogP contribution >= 0.6 is 0 Å². The van der Waals surface area contributed by atoms with Gasteiger partial charge in [0.15, 0.2) is 17.6 Å². The Bertz CT molecular complexity index is 1260. The SMILES string of the molecule is N#Cc1ccc(NC(=O)NC2C(=O)N(CC(=O)C3CC3)c3ccccc3N(CC(=O)C3CC3)C2=O)cc1. The van der Waals surface area contributed by atoms with E-state index in [1.54, 1.807) is 24.3 Å². The third-order valence-electron chi connectivity index (χ3n) is 6.73. The zero-order chi connectivity index (χ0) is 26.1. The van der Waals surface area contributed by atoms with Gasteiger partial charge in [-0.25, -0.2) is 4.79 Å². The molecule has 10 nitrogen and oxygen atoms in total. The van der Waals surface area contributed by atoms with E-state index in [-0.39, 0.29) is 36.5 Å². The first-order valence-corrected chi connectivity index (χ1v) is 12.2. The van der Waals surface area contributed by atoms with E-state index in [0.717, 1.165) is 25.7 Å². The second-order valence-corrected chi connectivity index (χ2v) is 9.54. The van der Waals surface area contributed by atoms with Crippen molar-refractivity contribution in [2.45, 2.75) is 31.7 Å². The van der Waals surface area contributed by atoms with E-state index < -0.39 is 23.9 Å². The Hall–Kier alpha value is -4.52. The minimum Gasteiger partial charge on any atom is -0.318 e. The molecule has 2 aromatic rings. The molecule has 3 aliphatic rings. The van der Waals surface area contributed by atoms with E-state index in [2.05, 4.69) is 10.6 Å². The number of fused-ring (bicyclic) bond motifs is 1. The molecule has 0 spiro atoms. The molecule has 0 atom stereocenters. The van der Waals surface area contributed by atoms with Crippen molar-refractivity contribution in [3.05, 3.63) is 54.1 Å². The van der Waals surface area contributed by atoms with Gasteiger partial charge in [0.2, 0.25) is 0 Å². The number of hydrogen-bond donors (Lipinski definition) is 2. The Balaban J connectivity index is 1.45. The van der Waals surface area contributed by atoms with Gasteiger partial charge >= 0.3 is 6.03 Å². The molecule has 1 heterocycles. The highest BCUT2D eigenvalue weighted by Gasteiger charge is 2.44. The summed E-state index contributed by atoms with van der Waals surface area (Å²) in [4.78, 5) is 68.2. The van der Waals surface area contributed by atoms with Gasteiger partial charge in [-0.3, -0.25) is 19.2 Å². The molecule has 0 saturated heterocycles. The molecule has 10 heteroatoms. The van der Waals surface area contributed by atoms with E-state index in [1.165, 1.54) is 34.1 Å². The summed E-state index contributed by atoms with van der Waals surface area (Å²) in [6.45, 7) is -0.457. The van der Waals surface area contributed by atoms with Crippen molar-refractivity contribution in [3.63, 3.8) is 0 Å². The molecule has 2 N–H and O–H groups in total. The van der Waals surface area contributed by atoms with Gasteiger partial charge in [0.05, 0.1) is 36.1 Å². The maximum Gasteiger partial charge on any atom is 0.320 e. The molecule has 37 heavy (non-hydrogen) atoms. The lowest BCUT2D eigenvalue weighted by atomic mass is 10.2. The zero-order valence-electron chi connectivity index (χ0n) is 20.0. The Morgan fingerprint density at radius 1 is 0.811 bits per heavy atom. The third kappa shape index (κ3) is 5.21. The van der Waals surface area contributed by atoms with Crippen LogP contribution in [-0.4, -0.2) is 48.5 Å². The third-order valence-corrected chi connectivity index (χ3v) is 6.73. The fourth-order valence-corrected chi connectivity index (χ4v) is 4.33. The van der Waals surface area contributed by atoms with Crippen LogP contribution in [0.5, 0.6) is 0 Å². The summed E-state index contributed by atoms with van der Waals surface area (Å²) in [5.74, 6) is -1.95. The highest BCUT2D eigenvalue weighted by Crippen LogP contribution is 2.37. The number of carbonyl (C=O) groups excluding carboxylic acids is 5. The van der Waals surface area contributed by atoms with Gasteiger partial charge in [0.1, 0.15) is 0 Å². The summed E-state index contributed by atoms with van der Waals surface area (Å²) >= 11 is 0. The minimum absolute atomic E-state index is 0.112. The van der Waals surface area contributed by atoms with Crippen LogP contribution in [0.1, 0.15) is 31.2 Å². The van der Waals surface area contributed by atoms with Crippen molar-refractivity contribution < 1.29 is 24.0 Å². The Morgan fingerprint density at radius 2 is 1.30 bits per heavy atom. The molecule has 4 amide bonds. The fourth-order valence-electron chi connectivity index (χ4n) is 4.33. The maximum absolute atomic E-state index is 13.7. The number of urea groups is 1. The standard InChI is InChI=1S/C27H25N5O5/c28-13-16-5-11-19(12-6-16)29-27(37)30-24-25(35)31(14-22(33)17-7-8-17)20-3-1-2-4-21(20)32(26(24)36)15-23(34)18-9-10-18/h1-6,11-12,17-18,24H,7-10,14-15H2,(H2,29,30,37). The summed E-state index contributed by atoms with van der Waals surface area (Å²) in [6.07, 6.45) is 3.05. The number of amides is 4. The number of benzene rings is 2. The van der Waals surface area contributed by atoms with E-state index >= 15 is 0 Å². The molecule has 2 aromatic carbocycles. The number of anilines is 3. The lowest BCUT2D eigenvalue weighted by Gasteiger charge is -2.24. The number of rotatable bonds is 8. The van der Waals surface area contributed by atoms with Crippen molar-refractivity contribution in [1.29, 1.82) is 5.26 Å². The normalized spacial score (nSPS) is 17.5. The highest BCUT2D eigenvalue weighted by molar-refractivity contribution is 6.23. The fraction of sp³-hybridized carbons (Fsp3) is 0.333. The van der Waals surface area contributed by atoms with Crippen LogP contribution in [0.3, 0.4) is 0 Å². The number of para-hydroxylation sites is 2.